The van der Waals surface area contributed by atoms with Gasteiger partial charge in [0.05, 0.1) is 0 Å². The SMILES string of the molecule is c1ccc2c(c1)Cc1c-2ccc2c1-c1ccccc1C2.c1ccc2c(c1)Cc1cc3c(cc1-2)-c1ccccc1C3.c1ccc2c(c1)Cc1cc3c(cc1-2)Cc1ccccc1-3. The third-order valence-corrected chi connectivity index (χ3v) is 14.2. The van der Waals surface area contributed by atoms with E-state index in [2.05, 4.69) is 182 Å². The fourth-order valence-electron chi connectivity index (χ4n) is 11.4. The maximum Gasteiger partial charge on any atom is -0.000718 e. The molecule has 0 heterocycles. The Labute approximate surface area is 352 Å². The Morgan fingerprint density at radius 3 is 0.950 bits per heavy atom. The van der Waals surface area contributed by atoms with Gasteiger partial charge in [0.1, 0.15) is 0 Å². The smallest absolute Gasteiger partial charge is 0.000718 e. The van der Waals surface area contributed by atoms with Crippen molar-refractivity contribution in [3.05, 3.63) is 249 Å². The van der Waals surface area contributed by atoms with Crippen LogP contribution in [0.2, 0.25) is 0 Å². The molecule has 9 aromatic rings. The second kappa shape index (κ2) is 13.2. The monoisotopic (exact) mass is 762 g/mol. The Bertz CT molecular complexity index is 3110. The molecular weight excluding hydrogens is 721 g/mol. The highest BCUT2D eigenvalue weighted by molar-refractivity contribution is 5.90. The van der Waals surface area contributed by atoms with Crippen molar-refractivity contribution in [3.63, 3.8) is 0 Å². The van der Waals surface area contributed by atoms with E-state index in [4.69, 9.17) is 0 Å². The highest BCUT2D eigenvalue weighted by Gasteiger charge is 2.29. The summed E-state index contributed by atoms with van der Waals surface area (Å²) in [5.74, 6) is 0. The lowest BCUT2D eigenvalue weighted by atomic mass is 9.95. The maximum absolute atomic E-state index is 2.44. The molecule has 0 aromatic heterocycles. The molecule has 0 fully saturated rings. The number of hydrogen-bond acceptors (Lipinski definition) is 0. The van der Waals surface area contributed by atoms with Crippen molar-refractivity contribution in [2.45, 2.75) is 38.5 Å². The van der Waals surface area contributed by atoms with Crippen LogP contribution in [0.5, 0.6) is 0 Å². The van der Waals surface area contributed by atoms with Crippen molar-refractivity contribution in [1.29, 1.82) is 0 Å². The number of benzene rings is 9. The second-order valence-corrected chi connectivity index (χ2v) is 17.5. The van der Waals surface area contributed by atoms with Crippen LogP contribution in [-0.4, -0.2) is 0 Å². The lowest BCUT2D eigenvalue weighted by molar-refractivity contribution is 1.21. The van der Waals surface area contributed by atoms with Gasteiger partial charge in [0.15, 0.2) is 0 Å². The molecule has 0 unspecified atom stereocenters. The topological polar surface area (TPSA) is 0 Å². The second-order valence-electron chi connectivity index (χ2n) is 17.5. The molecule has 0 radical (unpaired) electrons. The van der Waals surface area contributed by atoms with E-state index in [1.54, 1.807) is 0 Å². The Morgan fingerprint density at radius 2 is 0.500 bits per heavy atom. The highest BCUT2D eigenvalue weighted by atomic mass is 14.3. The van der Waals surface area contributed by atoms with Gasteiger partial charge in [-0.1, -0.05) is 164 Å². The average Bonchev–Trinajstić information content (AvgIpc) is 4.15. The normalized spacial score (nSPS) is 13.6. The first kappa shape index (κ1) is 33.9. The van der Waals surface area contributed by atoms with E-state index in [0.29, 0.717) is 0 Å². The van der Waals surface area contributed by atoms with E-state index in [9.17, 15) is 0 Å². The van der Waals surface area contributed by atoms with Crippen molar-refractivity contribution in [2.75, 3.05) is 0 Å². The summed E-state index contributed by atoms with van der Waals surface area (Å²) in [5.41, 5.74) is 35.2. The fraction of sp³-hybridized carbons (Fsp3) is 0.100. The van der Waals surface area contributed by atoms with Crippen LogP contribution in [0, 0.1) is 0 Å². The Kier molecular flexibility index (Phi) is 7.49. The van der Waals surface area contributed by atoms with Gasteiger partial charge >= 0.3 is 0 Å². The molecule has 6 aliphatic rings. The van der Waals surface area contributed by atoms with E-state index >= 15 is 0 Å². The first-order valence-electron chi connectivity index (χ1n) is 21.7. The van der Waals surface area contributed by atoms with E-state index in [1.165, 1.54) is 134 Å². The summed E-state index contributed by atoms with van der Waals surface area (Å²) in [4.78, 5) is 0. The van der Waals surface area contributed by atoms with Crippen molar-refractivity contribution in [3.8, 4) is 66.8 Å². The van der Waals surface area contributed by atoms with Crippen molar-refractivity contribution < 1.29 is 0 Å². The zero-order valence-electron chi connectivity index (χ0n) is 33.6. The summed E-state index contributed by atoms with van der Waals surface area (Å²) in [6.07, 6.45) is 6.53. The van der Waals surface area contributed by atoms with Crippen LogP contribution >= 0.6 is 0 Å². The first-order valence-corrected chi connectivity index (χ1v) is 21.7. The molecule has 0 aliphatic heterocycles. The quantitative estimate of drug-likeness (QED) is 0.144. The van der Waals surface area contributed by atoms with Crippen molar-refractivity contribution >= 4 is 0 Å². The van der Waals surface area contributed by atoms with E-state index in [0.717, 1.165) is 38.5 Å². The third kappa shape index (κ3) is 5.23. The van der Waals surface area contributed by atoms with Crippen LogP contribution in [0.1, 0.15) is 66.8 Å². The van der Waals surface area contributed by atoms with Gasteiger partial charge in [-0.05, 0) is 190 Å². The van der Waals surface area contributed by atoms with Crippen LogP contribution in [0.15, 0.2) is 182 Å². The Morgan fingerprint density at radius 1 is 0.183 bits per heavy atom. The summed E-state index contributed by atoms with van der Waals surface area (Å²) in [5, 5.41) is 0. The van der Waals surface area contributed by atoms with Crippen LogP contribution in [0.3, 0.4) is 0 Å². The van der Waals surface area contributed by atoms with E-state index in [1.807, 2.05) is 0 Å². The summed E-state index contributed by atoms with van der Waals surface area (Å²) in [6.45, 7) is 0. The zero-order chi connectivity index (χ0) is 39.3. The van der Waals surface area contributed by atoms with Gasteiger partial charge in [0.2, 0.25) is 0 Å². The predicted octanol–water partition coefficient (Wildman–Crippen LogP) is 14.5. The molecule has 0 spiro atoms. The molecule has 0 saturated carbocycles. The predicted molar refractivity (Wildman–Crippen MR) is 249 cm³/mol. The van der Waals surface area contributed by atoms with Crippen molar-refractivity contribution in [1.82, 2.24) is 0 Å². The summed E-state index contributed by atoms with van der Waals surface area (Å²) < 4.78 is 0. The molecular formula is C60H42. The van der Waals surface area contributed by atoms with Crippen LogP contribution in [0.25, 0.3) is 66.8 Å². The molecule has 0 amide bonds. The molecule has 15 rings (SSSR count). The van der Waals surface area contributed by atoms with Gasteiger partial charge in [0, 0.05) is 0 Å². The number of hydrogen-bond donors (Lipinski definition) is 0. The molecule has 0 saturated heterocycles. The molecule has 0 atom stereocenters. The lowest BCUT2D eigenvalue weighted by Crippen LogP contribution is -1.88. The summed E-state index contributed by atoms with van der Waals surface area (Å²) in [6, 6.07) is 67.3. The van der Waals surface area contributed by atoms with Gasteiger partial charge in [-0.2, -0.15) is 0 Å². The minimum absolute atomic E-state index is 1.08. The molecule has 9 aromatic carbocycles. The maximum atomic E-state index is 2.44. The van der Waals surface area contributed by atoms with Crippen LogP contribution < -0.4 is 0 Å². The lowest BCUT2D eigenvalue weighted by Gasteiger charge is -2.08. The molecule has 60 heavy (non-hydrogen) atoms. The first-order chi connectivity index (χ1) is 29.7. The van der Waals surface area contributed by atoms with Gasteiger partial charge in [-0.15, -0.1) is 0 Å². The van der Waals surface area contributed by atoms with Crippen LogP contribution in [0.4, 0.5) is 0 Å². The van der Waals surface area contributed by atoms with Gasteiger partial charge in [-0.3, -0.25) is 0 Å². The zero-order valence-corrected chi connectivity index (χ0v) is 33.6. The van der Waals surface area contributed by atoms with Gasteiger partial charge in [-0.25, -0.2) is 0 Å². The fourth-order valence-corrected chi connectivity index (χ4v) is 11.4. The average molecular weight is 763 g/mol. The van der Waals surface area contributed by atoms with Crippen LogP contribution in [-0.2, 0) is 38.5 Å². The van der Waals surface area contributed by atoms with Gasteiger partial charge in [0.25, 0.3) is 0 Å². The standard InChI is InChI=1S/3C20H14/c1-3-7-16-14(6-1)12-19-18(16)10-9-15-11-13-5-2-4-8-17(13)20(15)19;1-3-7-17-13(5-1)9-15-11-20-16(12-19(15)17)10-14-6-2-4-8-18(14)20;1-3-7-17-13(5-1)9-15-11-16-10-14-6-2-4-8-18(14)20(16)12-19(15)17/h1-10H,11-12H2;2*1-8,11-12H,9-10H2. The summed E-state index contributed by atoms with van der Waals surface area (Å²) in [7, 11) is 0. The minimum atomic E-state index is 1.08. The molecule has 282 valence electrons. The summed E-state index contributed by atoms with van der Waals surface area (Å²) >= 11 is 0. The Balaban J connectivity index is 0.0000000926. The number of rotatable bonds is 0. The van der Waals surface area contributed by atoms with Crippen molar-refractivity contribution in [2.24, 2.45) is 0 Å². The minimum Gasteiger partial charge on any atom is -0.0619 e. The molecule has 0 bridgehead atoms. The molecule has 0 N–H and O–H groups in total. The third-order valence-electron chi connectivity index (χ3n) is 14.2. The molecule has 0 heteroatoms. The van der Waals surface area contributed by atoms with E-state index in [-0.39, 0.29) is 0 Å². The number of fused-ring (bicyclic) bond motifs is 19. The Hall–Kier alpha value is -7.02. The van der Waals surface area contributed by atoms with E-state index < -0.39 is 0 Å². The van der Waals surface area contributed by atoms with Gasteiger partial charge < -0.3 is 0 Å². The largest absolute Gasteiger partial charge is 0.0619 e. The molecule has 0 nitrogen and oxygen atoms in total. The molecule has 6 aliphatic carbocycles. The highest BCUT2D eigenvalue weighted by Crippen LogP contribution is 2.48.